The van der Waals surface area contributed by atoms with Crippen molar-refractivity contribution >= 4 is 5.91 Å². The van der Waals surface area contributed by atoms with Crippen molar-refractivity contribution in [2.24, 2.45) is 5.92 Å². The molecule has 26 heavy (non-hydrogen) atoms. The Morgan fingerprint density at radius 3 is 2.73 bits per heavy atom. The standard InChI is InChI=1S/C18H22N4O4/c1-10-19-9-13(18(25)21-10)7-15(24)22-17(12-5-14(23)6-12)11-3-4-16(26-2)20-8-11/h3-4,8-9,12,14,17,23H,5-7H2,1-2H3,(H,22,24)(H,19,21,25)/t12?,14?,17-/m0/s1. The number of hydrogen-bond donors (Lipinski definition) is 3. The van der Waals surface area contributed by atoms with E-state index in [4.69, 9.17) is 4.74 Å². The fourth-order valence-electron chi connectivity index (χ4n) is 3.11. The van der Waals surface area contributed by atoms with Crippen molar-refractivity contribution in [2.75, 3.05) is 7.11 Å². The van der Waals surface area contributed by atoms with Gasteiger partial charge in [0, 0.05) is 24.0 Å². The number of H-pyrrole nitrogens is 1. The van der Waals surface area contributed by atoms with Gasteiger partial charge in [0.15, 0.2) is 0 Å². The first-order chi connectivity index (χ1) is 12.5. The minimum Gasteiger partial charge on any atom is -0.481 e. The van der Waals surface area contributed by atoms with Crippen LogP contribution in [0.25, 0.3) is 0 Å². The van der Waals surface area contributed by atoms with Gasteiger partial charge >= 0.3 is 0 Å². The molecule has 0 aliphatic heterocycles. The van der Waals surface area contributed by atoms with Crippen LogP contribution in [0.1, 0.15) is 35.8 Å². The molecule has 2 aromatic heterocycles. The molecule has 1 amide bonds. The van der Waals surface area contributed by atoms with Gasteiger partial charge in [0.25, 0.3) is 5.56 Å². The van der Waals surface area contributed by atoms with Crippen molar-refractivity contribution in [3.63, 3.8) is 0 Å². The largest absolute Gasteiger partial charge is 0.481 e. The Hall–Kier alpha value is -2.74. The predicted octanol–water partition coefficient (Wildman–Crippen LogP) is 0.653. The van der Waals surface area contributed by atoms with E-state index in [-0.39, 0.29) is 36.0 Å². The highest BCUT2D eigenvalue weighted by Gasteiger charge is 2.35. The van der Waals surface area contributed by atoms with E-state index in [1.165, 1.54) is 13.3 Å². The molecule has 0 unspecified atom stereocenters. The minimum atomic E-state index is -0.338. The maximum absolute atomic E-state index is 12.5. The maximum Gasteiger partial charge on any atom is 0.254 e. The Bertz CT molecular complexity index is 828. The van der Waals surface area contributed by atoms with E-state index < -0.39 is 0 Å². The third-order valence-electron chi connectivity index (χ3n) is 4.62. The van der Waals surface area contributed by atoms with E-state index >= 15 is 0 Å². The topological polar surface area (TPSA) is 117 Å². The van der Waals surface area contributed by atoms with Crippen LogP contribution in [0.4, 0.5) is 0 Å². The molecule has 0 spiro atoms. The molecule has 1 fully saturated rings. The molecule has 138 valence electrons. The lowest BCUT2D eigenvalue weighted by Crippen LogP contribution is -2.42. The van der Waals surface area contributed by atoms with Crippen LogP contribution >= 0.6 is 0 Å². The Morgan fingerprint density at radius 2 is 2.15 bits per heavy atom. The molecule has 1 aliphatic rings. The highest BCUT2D eigenvalue weighted by Crippen LogP contribution is 2.38. The van der Waals surface area contributed by atoms with Gasteiger partial charge in [-0.25, -0.2) is 9.97 Å². The Kier molecular flexibility index (Phi) is 5.32. The number of carbonyl (C=O) groups excluding carboxylic acids is 1. The number of aliphatic hydroxyl groups excluding tert-OH is 1. The number of pyridine rings is 1. The lowest BCUT2D eigenvalue weighted by atomic mass is 9.75. The molecule has 0 saturated heterocycles. The predicted molar refractivity (Wildman–Crippen MR) is 93.7 cm³/mol. The number of ether oxygens (including phenoxy) is 1. The fourth-order valence-corrected chi connectivity index (χ4v) is 3.11. The molecular formula is C18H22N4O4. The first kappa shape index (κ1) is 18.1. The summed E-state index contributed by atoms with van der Waals surface area (Å²) in [5.41, 5.74) is 0.842. The quantitative estimate of drug-likeness (QED) is 0.698. The number of carbonyl (C=O) groups is 1. The summed E-state index contributed by atoms with van der Waals surface area (Å²) in [5, 5.41) is 12.6. The number of rotatable bonds is 6. The van der Waals surface area contributed by atoms with Crippen molar-refractivity contribution in [2.45, 2.75) is 38.3 Å². The number of aromatic amines is 1. The van der Waals surface area contributed by atoms with Gasteiger partial charge in [-0.2, -0.15) is 0 Å². The van der Waals surface area contributed by atoms with Crippen LogP contribution < -0.4 is 15.6 Å². The van der Waals surface area contributed by atoms with Gasteiger partial charge in [-0.3, -0.25) is 9.59 Å². The summed E-state index contributed by atoms with van der Waals surface area (Å²) >= 11 is 0. The van der Waals surface area contributed by atoms with Crippen molar-refractivity contribution < 1.29 is 14.6 Å². The van der Waals surface area contributed by atoms with E-state index in [1.54, 1.807) is 19.2 Å². The van der Waals surface area contributed by atoms with E-state index in [0.29, 0.717) is 30.1 Å². The Morgan fingerprint density at radius 1 is 1.38 bits per heavy atom. The van der Waals surface area contributed by atoms with Crippen molar-refractivity contribution in [3.05, 3.63) is 51.8 Å². The van der Waals surface area contributed by atoms with Crippen LogP contribution in [0, 0.1) is 12.8 Å². The van der Waals surface area contributed by atoms with Gasteiger partial charge in [-0.15, -0.1) is 0 Å². The SMILES string of the molecule is COc1ccc([C@H](NC(=O)Cc2cnc(C)[nH]c2=O)C2CC(O)C2)cn1. The highest BCUT2D eigenvalue weighted by atomic mass is 16.5. The van der Waals surface area contributed by atoms with E-state index in [0.717, 1.165) is 5.56 Å². The van der Waals surface area contributed by atoms with Gasteiger partial charge in [-0.1, -0.05) is 6.07 Å². The highest BCUT2D eigenvalue weighted by molar-refractivity contribution is 5.78. The molecule has 0 radical (unpaired) electrons. The third-order valence-corrected chi connectivity index (χ3v) is 4.62. The summed E-state index contributed by atoms with van der Waals surface area (Å²) in [5.74, 6) is 0.844. The number of aromatic nitrogens is 3. The summed E-state index contributed by atoms with van der Waals surface area (Å²) in [6, 6.07) is 3.31. The second-order valence-electron chi connectivity index (χ2n) is 6.56. The van der Waals surface area contributed by atoms with Crippen LogP contribution in [0.15, 0.2) is 29.3 Å². The number of amides is 1. The average molecular weight is 358 g/mol. The van der Waals surface area contributed by atoms with E-state index in [2.05, 4.69) is 20.3 Å². The van der Waals surface area contributed by atoms with Gasteiger partial charge < -0.3 is 20.1 Å². The normalized spacial score (nSPS) is 20.1. The molecule has 1 atom stereocenters. The van der Waals surface area contributed by atoms with E-state index in [1.807, 2.05) is 6.07 Å². The van der Waals surface area contributed by atoms with Gasteiger partial charge in [0.05, 0.1) is 25.7 Å². The monoisotopic (exact) mass is 358 g/mol. The molecule has 1 saturated carbocycles. The molecule has 8 nitrogen and oxygen atoms in total. The summed E-state index contributed by atoms with van der Waals surface area (Å²) in [4.78, 5) is 35.2. The second kappa shape index (κ2) is 7.65. The van der Waals surface area contributed by atoms with Crippen LogP contribution in [0.3, 0.4) is 0 Å². The van der Waals surface area contributed by atoms with Gasteiger partial charge in [-0.05, 0) is 31.2 Å². The third kappa shape index (κ3) is 4.08. The average Bonchev–Trinajstić information content (AvgIpc) is 2.60. The first-order valence-electron chi connectivity index (χ1n) is 8.48. The maximum atomic E-state index is 12.5. The van der Waals surface area contributed by atoms with E-state index in [9.17, 15) is 14.7 Å². The number of methoxy groups -OCH3 is 1. The van der Waals surface area contributed by atoms with Crippen LogP contribution in [0.2, 0.25) is 0 Å². The summed E-state index contributed by atoms with van der Waals surface area (Å²) in [6.07, 6.45) is 3.92. The van der Waals surface area contributed by atoms with Crippen LogP contribution in [-0.4, -0.2) is 39.2 Å². The summed E-state index contributed by atoms with van der Waals surface area (Å²) in [7, 11) is 1.54. The second-order valence-corrected chi connectivity index (χ2v) is 6.56. The van der Waals surface area contributed by atoms with Crippen molar-refractivity contribution in [1.82, 2.24) is 20.3 Å². The Balaban J connectivity index is 1.74. The molecule has 3 N–H and O–H groups in total. The van der Waals surface area contributed by atoms with Crippen LogP contribution in [-0.2, 0) is 11.2 Å². The molecule has 0 bridgehead atoms. The lowest BCUT2D eigenvalue weighted by molar-refractivity contribution is -0.122. The number of nitrogens with one attached hydrogen (secondary N) is 2. The summed E-state index contributed by atoms with van der Waals surface area (Å²) < 4.78 is 5.07. The molecular weight excluding hydrogens is 336 g/mol. The summed E-state index contributed by atoms with van der Waals surface area (Å²) in [6.45, 7) is 1.68. The van der Waals surface area contributed by atoms with Gasteiger partial charge in [0.2, 0.25) is 11.8 Å². The Labute approximate surface area is 150 Å². The molecule has 2 heterocycles. The molecule has 3 rings (SSSR count). The zero-order chi connectivity index (χ0) is 18.7. The van der Waals surface area contributed by atoms with Gasteiger partial charge in [0.1, 0.15) is 5.82 Å². The number of nitrogens with zero attached hydrogens (tertiary/aromatic N) is 2. The molecule has 2 aromatic rings. The first-order valence-corrected chi connectivity index (χ1v) is 8.48. The molecule has 0 aromatic carbocycles. The van der Waals surface area contributed by atoms with Crippen LogP contribution in [0.5, 0.6) is 5.88 Å². The minimum absolute atomic E-state index is 0.0576. The zero-order valence-electron chi connectivity index (χ0n) is 14.7. The lowest BCUT2D eigenvalue weighted by Gasteiger charge is -2.38. The number of aryl methyl sites for hydroxylation is 1. The van der Waals surface area contributed by atoms with Crippen molar-refractivity contribution in [1.29, 1.82) is 0 Å². The number of aliphatic hydroxyl groups is 1. The smallest absolute Gasteiger partial charge is 0.254 e. The molecule has 8 heteroatoms. The fraction of sp³-hybridized carbons (Fsp3) is 0.444. The zero-order valence-corrected chi connectivity index (χ0v) is 14.7. The molecule has 1 aliphatic carbocycles. The number of hydrogen-bond acceptors (Lipinski definition) is 6. The van der Waals surface area contributed by atoms with Crippen molar-refractivity contribution in [3.8, 4) is 5.88 Å².